The van der Waals surface area contributed by atoms with Crippen LogP contribution < -0.4 is 10.1 Å². The molecule has 0 saturated carbocycles. The van der Waals surface area contributed by atoms with Gasteiger partial charge in [0, 0.05) is 23.9 Å². The van der Waals surface area contributed by atoms with Gasteiger partial charge in [-0.3, -0.25) is 9.59 Å². The van der Waals surface area contributed by atoms with E-state index in [9.17, 15) is 18.0 Å². The molecule has 0 aromatic heterocycles. The van der Waals surface area contributed by atoms with Crippen LogP contribution in [-0.4, -0.2) is 51.1 Å². The second-order valence-corrected chi connectivity index (χ2v) is 8.31. The molecule has 2 rings (SSSR count). The van der Waals surface area contributed by atoms with E-state index in [0.29, 0.717) is 23.5 Å². The highest BCUT2D eigenvalue weighted by Gasteiger charge is 2.19. The summed E-state index contributed by atoms with van der Waals surface area (Å²) in [7, 11) is -1.79. The van der Waals surface area contributed by atoms with Crippen LogP contribution >= 0.6 is 0 Å². The van der Waals surface area contributed by atoms with Crippen LogP contribution in [0.1, 0.15) is 24.2 Å². The van der Waals surface area contributed by atoms with Gasteiger partial charge in [0.2, 0.25) is 5.91 Å². The van der Waals surface area contributed by atoms with Crippen molar-refractivity contribution in [3.63, 3.8) is 0 Å². The Labute approximate surface area is 165 Å². The summed E-state index contributed by atoms with van der Waals surface area (Å²) in [5.74, 6) is -0.0769. The molecule has 0 aliphatic rings. The summed E-state index contributed by atoms with van der Waals surface area (Å²) < 4.78 is 28.9. The Balaban J connectivity index is 2.07. The predicted octanol–water partition coefficient (Wildman–Crippen LogP) is 2.59. The number of benzene rings is 2. The molecule has 0 saturated heterocycles. The minimum atomic E-state index is -3.33. The smallest absolute Gasteiger partial charge is 0.254 e. The van der Waals surface area contributed by atoms with Crippen molar-refractivity contribution in [2.24, 2.45) is 0 Å². The number of hydrogen-bond acceptors (Lipinski definition) is 5. The molecule has 0 spiro atoms. The van der Waals surface area contributed by atoms with Crippen LogP contribution in [0.25, 0.3) is 0 Å². The highest BCUT2D eigenvalue weighted by molar-refractivity contribution is 7.91. The average Bonchev–Trinajstić information content (AvgIpc) is 2.71. The Kier molecular flexibility index (Phi) is 7.17. The zero-order chi connectivity index (χ0) is 20.7. The number of nitrogens with one attached hydrogen (secondary N) is 1. The van der Waals surface area contributed by atoms with E-state index in [-0.39, 0.29) is 29.0 Å². The Bertz CT molecular complexity index is 939. The van der Waals surface area contributed by atoms with Gasteiger partial charge in [-0.25, -0.2) is 8.42 Å². The predicted molar refractivity (Wildman–Crippen MR) is 107 cm³/mol. The highest BCUT2D eigenvalue weighted by Crippen LogP contribution is 2.17. The van der Waals surface area contributed by atoms with Crippen LogP contribution in [-0.2, 0) is 14.6 Å². The first-order chi connectivity index (χ1) is 13.3. The summed E-state index contributed by atoms with van der Waals surface area (Å²) in [6.07, 6.45) is 0. The Morgan fingerprint density at radius 3 is 2.32 bits per heavy atom. The van der Waals surface area contributed by atoms with E-state index in [4.69, 9.17) is 4.74 Å². The number of carbonyl (C=O) groups is 2. The van der Waals surface area contributed by atoms with Crippen molar-refractivity contribution >= 4 is 27.3 Å². The second-order valence-electron chi connectivity index (χ2n) is 6.03. The maximum Gasteiger partial charge on any atom is 0.254 e. The molecule has 28 heavy (non-hydrogen) atoms. The molecule has 0 aliphatic heterocycles. The van der Waals surface area contributed by atoms with Gasteiger partial charge in [-0.15, -0.1) is 0 Å². The SMILES string of the molecule is CCN(CC(=O)Nc1cccc(OC)c1)C(=O)c1ccc(S(=O)(=O)CC)cc1. The Morgan fingerprint density at radius 2 is 1.75 bits per heavy atom. The molecular weight excluding hydrogens is 380 g/mol. The number of likely N-dealkylation sites (N-methyl/N-ethyl adjacent to an activating group) is 1. The summed E-state index contributed by atoms with van der Waals surface area (Å²) in [4.78, 5) is 26.5. The molecule has 0 bridgehead atoms. The lowest BCUT2D eigenvalue weighted by molar-refractivity contribution is -0.116. The van der Waals surface area contributed by atoms with Crippen molar-refractivity contribution in [3.05, 3.63) is 54.1 Å². The third-order valence-electron chi connectivity index (χ3n) is 4.20. The minimum Gasteiger partial charge on any atom is -0.497 e. The maximum absolute atomic E-state index is 12.7. The lowest BCUT2D eigenvalue weighted by atomic mass is 10.2. The van der Waals surface area contributed by atoms with Crippen molar-refractivity contribution in [1.29, 1.82) is 0 Å². The summed E-state index contributed by atoms with van der Waals surface area (Å²) in [5.41, 5.74) is 0.896. The lowest BCUT2D eigenvalue weighted by Crippen LogP contribution is -2.37. The van der Waals surface area contributed by atoms with Gasteiger partial charge in [0.15, 0.2) is 9.84 Å². The normalized spacial score (nSPS) is 11.0. The highest BCUT2D eigenvalue weighted by atomic mass is 32.2. The Hall–Kier alpha value is -2.87. The van der Waals surface area contributed by atoms with Gasteiger partial charge < -0.3 is 15.0 Å². The van der Waals surface area contributed by atoms with Gasteiger partial charge in [-0.2, -0.15) is 0 Å². The van der Waals surface area contributed by atoms with Crippen molar-refractivity contribution in [2.45, 2.75) is 18.7 Å². The third-order valence-corrected chi connectivity index (χ3v) is 5.95. The molecule has 0 fully saturated rings. The van der Waals surface area contributed by atoms with Gasteiger partial charge in [0.1, 0.15) is 12.3 Å². The number of nitrogens with zero attached hydrogens (tertiary/aromatic N) is 1. The van der Waals surface area contributed by atoms with E-state index >= 15 is 0 Å². The summed E-state index contributed by atoms with van der Waals surface area (Å²) in [6.45, 7) is 3.54. The second kappa shape index (κ2) is 9.36. The number of carbonyl (C=O) groups excluding carboxylic acids is 2. The number of hydrogen-bond donors (Lipinski definition) is 1. The third kappa shape index (κ3) is 5.32. The largest absolute Gasteiger partial charge is 0.497 e. The van der Waals surface area contributed by atoms with Crippen LogP contribution in [0.4, 0.5) is 5.69 Å². The molecule has 2 amide bonds. The average molecular weight is 404 g/mol. The molecule has 1 N–H and O–H groups in total. The van der Waals surface area contributed by atoms with Crippen molar-refractivity contribution < 1.29 is 22.7 Å². The molecule has 0 atom stereocenters. The van der Waals surface area contributed by atoms with Crippen molar-refractivity contribution in [2.75, 3.05) is 31.3 Å². The number of anilines is 1. The molecule has 0 radical (unpaired) electrons. The Morgan fingerprint density at radius 1 is 1.07 bits per heavy atom. The first-order valence-corrected chi connectivity index (χ1v) is 10.5. The molecule has 8 heteroatoms. The van der Waals surface area contributed by atoms with Crippen molar-refractivity contribution in [3.8, 4) is 5.75 Å². The van der Waals surface area contributed by atoms with E-state index in [2.05, 4.69) is 5.32 Å². The van der Waals surface area contributed by atoms with Crippen LogP contribution in [0.2, 0.25) is 0 Å². The van der Waals surface area contributed by atoms with E-state index in [1.54, 1.807) is 38.1 Å². The molecule has 7 nitrogen and oxygen atoms in total. The van der Waals surface area contributed by atoms with E-state index in [0.717, 1.165) is 0 Å². The van der Waals surface area contributed by atoms with E-state index in [1.165, 1.54) is 36.3 Å². The van der Waals surface area contributed by atoms with Gasteiger partial charge in [0.25, 0.3) is 5.91 Å². The number of methoxy groups -OCH3 is 1. The molecule has 150 valence electrons. The van der Waals surface area contributed by atoms with Crippen LogP contribution in [0.15, 0.2) is 53.4 Å². The van der Waals surface area contributed by atoms with E-state index < -0.39 is 9.84 Å². The van der Waals surface area contributed by atoms with Crippen molar-refractivity contribution in [1.82, 2.24) is 4.90 Å². The quantitative estimate of drug-likeness (QED) is 0.730. The van der Waals surface area contributed by atoms with Gasteiger partial charge >= 0.3 is 0 Å². The molecule has 0 aliphatic carbocycles. The fourth-order valence-electron chi connectivity index (χ4n) is 2.56. The lowest BCUT2D eigenvalue weighted by Gasteiger charge is -2.20. The first kappa shape index (κ1) is 21.4. The van der Waals surface area contributed by atoms with E-state index in [1.807, 2.05) is 0 Å². The molecule has 0 heterocycles. The monoisotopic (exact) mass is 404 g/mol. The van der Waals surface area contributed by atoms with Gasteiger partial charge in [0.05, 0.1) is 17.8 Å². The zero-order valence-electron chi connectivity index (χ0n) is 16.1. The first-order valence-electron chi connectivity index (χ1n) is 8.86. The fraction of sp³-hybridized carbons (Fsp3) is 0.300. The maximum atomic E-state index is 12.7. The van der Waals surface area contributed by atoms with Crippen LogP contribution in [0, 0.1) is 0 Å². The standard InChI is InChI=1S/C20H24N2O5S/c1-4-22(14-19(23)21-16-7-6-8-17(13-16)27-3)20(24)15-9-11-18(12-10-15)28(25,26)5-2/h6-13H,4-5,14H2,1-3H3,(H,21,23). The summed E-state index contributed by atoms with van der Waals surface area (Å²) in [6, 6.07) is 12.7. The number of ether oxygens (including phenoxy) is 1. The molecule has 2 aromatic rings. The number of rotatable bonds is 8. The summed E-state index contributed by atoms with van der Waals surface area (Å²) >= 11 is 0. The van der Waals surface area contributed by atoms with Crippen LogP contribution in [0.5, 0.6) is 5.75 Å². The molecule has 2 aromatic carbocycles. The number of sulfone groups is 1. The fourth-order valence-corrected chi connectivity index (χ4v) is 3.44. The minimum absolute atomic E-state index is 0.00811. The zero-order valence-corrected chi connectivity index (χ0v) is 17.0. The molecular formula is C20H24N2O5S. The topological polar surface area (TPSA) is 92.8 Å². The molecule has 0 unspecified atom stereocenters. The number of amides is 2. The van der Waals surface area contributed by atoms with Gasteiger partial charge in [-0.05, 0) is 43.3 Å². The van der Waals surface area contributed by atoms with Gasteiger partial charge in [-0.1, -0.05) is 13.0 Å². The van der Waals surface area contributed by atoms with Crippen LogP contribution in [0.3, 0.4) is 0 Å². The summed E-state index contributed by atoms with van der Waals surface area (Å²) in [5, 5.41) is 2.73.